The number of methoxy groups -OCH3 is 1. The fourth-order valence-electron chi connectivity index (χ4n) is 2.10. The van der Waals surface area contributed by atoms with E-state index in [1.807, 2.05) is 24.3 Å². The summed E-state index contributed by atoms with van der Waals surface area (Å²) < 4.78 is 10.7. The summed E-state index contributed by atoms with van der Waals surface area (Å²) in [5, 5.41) is 18.8. The van der Waals surface area contributed by atoms with Crippen molar-refractivity contribution in [3.63, 3.8) is 0 Å². The van der Waals surface area contributed by atoms with E-state index >= 15 is 0 Å². The second-order valence-corrected chi connectivity index (χ2v) is 5.39. The molecule has 0 amide bonds. The number of halogens is 1. The van der Waals surface area contributed by atoms with Crippen molar-refractivity contribution in [3.8, 4) is 17.2 Å². The molecule has 8 heteroatoms. The van der Waals surface area contributed by atoms with Gasteiger partial charge in [-0.2, -0.15) is 0 Å². The SMILES string of the molecule is COc1cccc(/C=C(\Cl)c2nnc(-c3ccc([N+](=O)[O-])cc3)o2)c1. The third-order valence-corrected chi connectivity index (χ3v) is 3.61. The van der Waals surface area contributed by atoms with Gasteiger partial charge in [-0.3, -0.25) is 10.1 Å². The Morgan fingerprint density at radius 2 is 2.00 bits per heavy atom. The highest BCUT2D eigenvalue weighted by atomic mass is 35.5. The number of nitro groups is 1. The van der Waals surface area contributed by atoms with Crippen LogP contribution in [0.2, 0.25) is 0 Å². The van der Waals surface area contributed by atoms with Crippen LogP contribution in [0.5, 0.6) is 5.75 Å². The molecule has 3 aromatic rings. The third-order valence-electron chi connectivity index (χ3n) is 3.34. The topological polar surface area (TPSA) is 91.3 Å². The number of nitro benzene ring substituents is 1. The average Bonchev–Trinajstić information content (AvgIpc) is 3.12. The molecule has 0 aliphatic heterocycles. The summed E-state index contributed by atoms with van der Waals surface area (Å²) in [4.78, 5) is 10.2. The van der Waals surface area contributed by atoms with Crippen LogP contribution in [0.3, 0.4) is 0 Å². The van der Waals surface area contributed by atoms with Crippen LogP contribution >= 0.6 is 11.6 Å². The number of ether oxygens (including phenoxy) is 1. The second-order valence-electron chi connectivity index (χ2n) is 4.99. The van der Waals surface area contributed by atoms with Gasteiger partial charge >= 0.3 is 0 Å². The molecule has 2 aromatic carbocycles. The monoisotopic (exact) mass is 357 g/mol. The maximum absolute atomic E-state index is 10.7. The fourth-order valence-corrected chi connectivity index (χ4v) is 2.30. The van der Waals surface area contributed by atoms with Crippen LogP contribution < -0.4 is 4.74 Å². The Labute approximate surface area is 147 Å². The summed E-state index contributed by atoms with van der Waals surface area (Å²) in [5.41, 5.74) is 1.37. The zero-order valence-electron chi connectivity index (χ0n) is 13.0. The van der Waals surface area contributed by atoms with Crippen molar-refractivity contribution in [1.82, 2.24) is 10.2 Å². The van der Waals surface area contributed by atoms with E-state index in [1.165, 1.54) is 24.3 Å². The number of hydrogen-bond acceptors (Lipinski definition) is 6. The summed E-state index contributed by atoms with van der Waals surface area (Å²) >= 11 is 6.24. The predicted molar refractivity (Wildman–Crippen MR) is 93.1 cm³/mol. The van der Waals surface area contributed by atoms with Crippen LogP contribution in [-0.4, -0.2) is 22.2 Å². The molecule has 0 unspecified atom stereocenters. The molecule has 0 aliphatic carbocycles. The van der Waals surface area contributed by atoms with Crippen molar-refractivity contribution >= 4 is 28.4 Å². The number of hydrogen-bond donors (Lipinski definition) is 0. The zero-order chi connectivity index (χ0) is 17.8. The van der Waals surface area contributed by atoms with Gasteiger partial charge in [0, 0.05) is 17.7 Å². The van der Waals surface area contributed by atoms with Gasteiger partial charge in [0.05, 0.1) is 12.0 Å². The molecule has 1 aromatic heterocycles. The van der Waals surface area contributed by atoms with Gasteiger partial charge in [0.25, 0.3) is 11.6 Å². The lowest BCUT2D eigenvalue weighted by molar-refractivity contribution is -0.384. The number of aromatic nitrogens is 2. The lowest BCUT2D eigenvalue weighted by Crippen LogP contribution is -1.87. The van der Waals surface area contributed by atoms with E-state index in [0.29, 0.717) is 11.3 Å². The van der Waals surface area contributed by atoms with Crippen LogP contribution in [0.4, 0.5) is 5.69 Å². The maximum Gasteiger partial charge on any atom is 0.269 e. The first-order valence-corrected chi connectivity index (χ1v) is 7.54. The Kier molecular flexibility index (Phi) is 4.76. The van der Waals surface area contributed by atoms with Gasteiger partial charge in [0.2, 0.25) is 5.89 Å². The largest absolute Gasteiger partial charge is 0.497 e. The van der Waals surface area contributed by atoms with Crippen molar-refractivity contribution < 1.29 is 14.1 Å². The van der Waals surface area contributed by atoms with Crippen molar-refractivity contribution in [3.05, 3.63) is 70.1 Å². The van der Waals surface area contributed by atoms with Gasteiger partial charge in [0.1, 0.15) is 10.8 Å². The Balaban J connectivity index is 1.84. The van der Waals surface area contributed by atoms with Crippen LogP contribution in [0.25, 0.3) is 22.6 Å². The van der Waals surface area contributed by atoms with Crippen molar-refractivity contribution in [2.75, 3.05) is 7.11 Å². The number of rotatable bonds is 5. The maximum atomic E-state index is 10.7. The highest BCUT2D eigenvalue weighted by molar-refractivity contribution is 6.50. The Morgan fingerprint density at radius 1 is 1.24 bits per heavy atom. The molecule has 1 heterocycles. The van der Waals surface area contributed by atoms with E-state index < -0.39 is 4.92 Å². The lowest BCUT2D eigenvalue weighted by Gasteiger charge is -2.00. The summed E-state index contributed by atoms with van der Waals surface area (Å²) in [6.07, 6.45) is 1.68. The Hall–Kier alpha value is -3.19. The Morgan fingerprint density at radius 3 is 2.68 bits per heavy atom. The molecule has 0 atom stereocenters. The molecule has 0 bridgehead atoms. The molecule has 0 fully saturated rings. The van der Waals surface area contributed by atoms with Gasteiger partial charge < -0.3 is 9.15 Å². The van der Waals surface area contributed by atoms with E-state index in [1.54, 1.807) is 13.2 Å². The van der Waals surface area contributed by atoms with E-state index in [4.69, 9.17) is 20.8 Å². The van der Waals surface area contributed by atoms with E-state index in [0.717, 1.165) is 5.56 Å². The second kappa shape index (κ2) is 7.14. The molecule has 0 aliphatic rings. The van der Waals surface area contributed by atoms with Crippen molar-refractivity contribution in [2.45, 2.75) is 0 Å². The smallest absolute Gasteiger partial charge is 0.269 e. The first-order chi connectivity index (χ1) is 12.1. The summed E-state index contributed by atoms with van der Waals surface area (Å²) in [6.45, 7) is 0. The van der Waals surface area contributed by atoms with E-state index in [9.17, 15) is 10.1 Å². The molecule has 0 N–H and O–H groups in total. The predicted octanol–water partition coefficient (Wildman–Crippen LogP) is 4.39. The quantitative estimate of drug-likeness (QED) is 0.496. The van der Waals surface area contributed by atoms with Crippen LogP contribution in [-0.2, 0) is 0 Å². The van der Waals surface area contributed by atoms with E-state index in [-0.39, 0.29) is 22.5 Å². The lowest BCUT2D eigenvalue weighted by atomic mass is 10.2. The fraction of sp³-hybridized carbons (Fsp3) is 0.0588. The minimum absolute atomic E-state index is 0.0144. The van der Waals surface area contributed by atoms with Crippen molar-refractivity contribution in [1.29, 1.82) is 0 Å². The van der Waals surface area contributed by atoms with E-state index in [2.05, 4.69) is 10.2 Å². The molecule has 0 spiro atoms. The van der Waals surface area contributed by atoms with Gasteiger partial charge in [-0.1, -0.05) is 23.7 Å². The number of benzene rings is 2. The highest BCUT2D eigenvalue weighted by Gasteiger charge is 2.13. The molecular formula is C17H12ClN3O4. The molecule has 0 saturated heterocycles. The van der Waals surface area contributed by atoms with Crippen LogP contribution in [0.15, 0.2) is 52.9 Å². The standard InChI is InChI=1S/C17H12ClN3O4/c1-24-14-4-2-3-11(9-14)10-15(18)17-20-19-16(25-17)12-5-7-13(8-6-12)21(22)23/h2-10H,1H3/b15-10-. The van der Waals surface area contributed by atoms with Crippen LogP contribution in [0, 0.1) is 10.1 Å². The molecule has 0 saturated carbocycles. The van der Waals surface area contributed by atoms with Gasteiger partial charge in [0.15, 0.2) is 0 Å². The molecular weight excluding hydrogens is 346 g/mol. The summed E-state index contributed by atoms with van der Waals surface area (Å²) in [6, 6.07) is 13.1. The van der Waals surface area contributed by atoms with Gasteiger partial charge in [-0.25, -0.2) is 0 Å². The summed E-state index contributed by atoms with van der Waals surface area (Å²) in [7, 11) is 1.58. The zero-order valence-corrected chi connectivity index (χ0v) is 13.8. The summed E-state index contributed by atoms with van der Waals surface area (Å²) in [5.74, 6) is 1.08. The first kappa shape index (κ1) is 16.7. The first-order valence-electron chi connectivity index (χ1n) is 7.17. The normalized spacial score (nSPS) is 11.4. The average molecular weight is 358 g/mol. The van der Waals surface area contributed by atoms with Gasteiger partial charge in [-0.05, 0) is 35.9 Å². The molecule has 3 rings (SSSR count). The minimum Gasteiger partial charge on any atom is -0.497 e. The molecule has 25 heavy (non-hydrogen) atoms. The minimum atomic E-state index is -0.475. The molecule has 7 nitrogen and oxygen atoms in total. The van der Waals surface area contributed by atoms with Gasteiger partial charge in [-0.15, -0.1) is 10.2 Å². The molecule has 126 valence electrons. The number of nitrogens with zero attached hydrogens (tertiary/aromatic N) is 3. The molecule has 0 radical (unpaired) electrons. The Bertz CT molecular complexity index is 935. The number of non-ortho nitro benzene ring substituents is 1. The van der Waals surface area contributed by atoms with Crippen LogP contribution in [0.1, 0.15) is 11.5 Å². The van der Waals surface area contributed by atoms with Crippen molar-refractivity contribution in [2.24, 2.45) is 0 Å². The third kappa shape index (κ3) is 3.84. The highest BCUT2D eigenvalue weighted by Crippen LogP contribution is 2.27.